The molecular formula is C18H15O2S2-. The van der Waals surface area contributed by atoms with Crippen LogP contribution in [0.4, 0.5) is 0 Å². The molecule has 0 amide bonds. The lowest BCUT2D eigenvalue weighted by Crippen LogP contribution is -1.88. The first-order chi connectivity index (χ1) is 10.5. The summed E-state index contributed by atoms with van der Waals surface area (Å²) in [5.41, 5.74) is 4.61. The third kappa shape index (κ3) is 3.04. The van der Waals surface area contributed by atoms with E-state index in [9.17, 15) is 8.76 Å². The average Bonchev–Trinajstić information content (AvgIpc) is 2.90. The molecule has 0 bridgehead atoms. The summed E-state index contributed by atoms with van der Waals surface area (Å²) < 4.78 is 22.0. The van der Waals surface area contributed by atoms with E-state index in [1.165, 1.54) is 20.9 Å². The molecule has 3 rings (SSSR count). The van der Waals surface area contributed by atoms with Gasteiger partial charge < -0.3 is 4.55 Å². The SMILES string of the molecule is Cc1ccc(-c2sc(C)cc2-c2ccc(S(=O)[O-])cc2)cc1. The lowest BCUT2D eigenvalue weighted by Gasteiger charge is -2.08. The fraction of sp³-hybridized carbons (Fsp3) is 0.111. The molecule has 0 spiro atoms. The molecule has 0 aliphatic carbocycles. The van der Waals surface area contributed by atoms with Crippen LogP contribution in [0.2, 0.25) is 0 Å². The number of rotatable bonds is 3. The van der Waals surface area contributed by atoms with Crippen molar-refractivity contribution in [3.8, 4) is 21.6 Å². The number of thiophene rings is 1. The van der Waals surface area contributed by atoms with Gasteiger partial charge in [-0.1, -0.05) is 42.0 Å². The summed E-state index contributed by atoms with van der Waals surface area (Å²) >= 11 is -0.423. The summed E-state index contributed by atoms with van der Waals surface area (Å²) in [6.07, 6.45) is 0. The molecule has 2 nitrogen and oxygen atoms in total. The maximum Gasteiger partial charge on any atom is 0.0423 e. The topological polar surface area (TPSA) is 40.1 Å². The van der Waals surface area contributed by atoms with Crippen LogP contribution in [-0.2, 0) is 11.1 Å². The van der Waals surface area contributed by atoms with Crippen molar-refractivity contribution in [1.82, 2.24) is 0 Å². The number of benzene rings is 2. The van der Waals surface area contributed by atoms with Crippen LogP contribution in [0, 0.1) is 13.8 Å². The lowest BCUT2D eigenvalue weighted by molar-refractivity contribution is 0.537. The zero-order chi connectivity index (χ0) is 15.7. The Hall–Kier alpha value is -1.75. The predicted molar refractivity (Wildman–Crippen MR) is 91.9 cm³/mol. The number of aryl methyl sites for hydroxylation is 2. The Kier molecular flexibility index (Phi) is 4.25. The highest BCUT2D eigenvalue weighted by Crippen LogP contribution is 2.39. The summed E-state index contributed by atoms with van der Waals surface area (Å²) in [7, 11) is 0. The van der Waals surface area contributed by atoms with Crippen molar-refractivity contribution < 1.29 is 8.76 Å². The van der Waals surface area contributed by atoms with Crippen molar-refractivity contribution in [3.63, 3.8) is 0 Å². The molecule has 0 radical (unpaired) electrons. The minimum Gasteiger partial charge on any atom is -0.768 e. The van der Waals surface area contributed by atoms with E-state index in [0.717, 1.165) is 11.1 Å². The van der Waals surface area contributed by atoms with Crippen LogP contribution in [0.3, 0.4) is 0 Å². The van der Waals surface area contributed by atoms with E-state index in [-0.39, 0.29) is 0 Å². The Morgan fingerprint density at radius 2 is 1.50 bits per heavy atom. The van der Waals surface area contributed by atoms with Crippen LogP contribution in [0.5, 0.6) is 0 Å². The molecule has 1 atom stereocenters. The first-order valence-corrected chi connectivity index (χ1v) is 8.81. The zero-order valence-corrected chi connectivity index (χ0v) is 14.0. The zero-order valence-electron chi connectivity index (χ0n) is 12.3. The second kappa shape index (κ2) is 6.16. The Morgan fingerprint density at radius 3 is 2.09 bits per heavy atom. The van der Waals surface area contributed by atoms with Gasteiger partial charge in [-0.2, -0.15) is 0 Å². The van der Waals surface area contributed by atoms with Gasteiger partial charge in [0.25, 0.3) is 0 Å². The van der Waals surface area contributed by atoms with E-state index in [0.29, 0.717) is 4.90 Å². The van der Waals surface area contributed by atoms with Crippen molar-refractivity contribution in [2.75, 3.05) is 0 Å². The average molecular weight is 327 g/mol. The summed E-state index contributed by atoms with van der Waals surface area (Å²) in [5, 5.41) is 0. The highest BCUT2D eigenvalue weighted by molar-refractivity contribution is 7.79. The Balaban J connectivity index is 2.07. The van der Waals surface area contributed by atoms with E-state index in [1.54, 1.807) is 23.5 Å². The lowest BCUT2D eigenvalue weighted by atomic mass is 10.0. The maximum atomic E-state index is 11.0. The first kappa shape index (κ1) is 15.2. The molecule has 0 aliphatic heterocycles. The van der Waals surface area contributed by atoms with Crippen LogP contribution in [0.25, 0.3) is 21.6 Å². The summed E-state index contributed by atoms with van der Waals surface area (Å²) in [6, 6.07) is 17.7. The van der Waals surface area contributed by atoms with Gasteiger partial charge in [0.15, 0.2) is 0 Å². The third-order valence-corrected chi connectivity index (χ3v) is 5.28. The second-order valence-corrected chi connectivity index (χ2v) is 7.42. The van der Waals surface area contributed by atoms with E-state index < -0.39 is 11.1 Å². The van der Waals surface area contributed by atoms with Gasteiger partial charge in [-0.15, -0.1) is 11.3 Å². The van der Waals surface area contributed by atoms with Gasteiger partial charge in [0, 0.05) is 20.2 Å². The van der Waals surface area contributed by atoms with Gasteiger partial charge in [0.05, 0.1) is 0 Å². The van der Waals surface area contributed by atoms with Crippen molar-refractivity contribution in [1.29, 1.82) is 0 Å². The molecular weight excluding hydrogens is 312 g/mol. The van der Waals surface area contributed by atoms with Crippen LogP contribution in [0.1, 0.15) is 10.4 Å². The molecule has 1 aromatic heterocycles. The largest absolute Gasteiger partial charge is 0.768 e. The standard InChI is InChI=1S/C18H16O2S2/c1-12-3-5-15(6-4-12)18-17(11-13(2)21-18)14-7-9-16(10-8-14)22(19)20/h3-11H,1-2H3,(H,19,20)/p-1. The third-order valence-electron chi connectivity index (χ3n) is 3.53. The van der Waals surface area contributed by atoms with Crippen molar-refractivity contribution in [2.45, 2.75) is 18.7 Å². The molecule has 4 heteroatoms. The molecule has 0 saturated carbocycles. The predicted octanol–water partition coefficient (Wildman–Crippen LogP) is 4.94. The van der Waals surface area contributed by atoms with E-state index in [2.05, 4.69) is 44.2 Å². The van der Waals surface area contributed by atoms with Gasteiger partial charge >= 0.3 is 0 Å². The summed E-state index contributed by atoms with van der Waals surface area (Å²) in [5.74, 6) is 0. The van der Waals surface area contributed by atoms with Gasteiger partial charge in [-0.3, -0.25) is 4.21 Å². The van der Waals surface area contributed by atoms with Gasteiger partial charge in [0.1, 0.15) is 0 Å². The molecule has 3 aromatic rings. The first-order valence-electron chi connectivity index (χ1n) is 6.92. The second-order valence-electron chi connectivity index (χ2n) is 5.22. The van der Waals surface area contributed by atoms with Gasteiger partial charge in [-0.25, -0.2) is 0 Å². The number of hydrogen-bond donors (Lipinski definition) is 0. The van der Waals surface area contributed by atoms with E-state index >= 15 is 0 Å². The quantitative estimate of drug-likeness (QED) is 0.639. The van der Waals surface area contributed by atoms with Gasteiger partial charge in [-0.05, 0) is 54.3 Å². The van der Waals surface area contributed by atoms with Gasteiger partial charge in [0.2, 0.25) is 0 Å². The van der Waals surface area contributed by atoms with Crippen LogP contribution in [-0.4, -0.2) is 8.76 Å². The minimum atomic E-state index is -2.18. The molecule has 1 heterocycles. The van der Waals surface area contributed by atoms with Crippen LogP contribution < -0.4 is 0 Å². The van der Waals surface area contributed by atoms with E-state index in [1.807, 2.05) is 12.1 Å². The highest BCUT2D eigenvalue weighted by atomic mass is 32.2. The fourth-order valence-electron chi connectivity index (χ4n) is 2.39. The normalized spacial score (nSPS) is 12.3. The molecule has 0 aliphatic rings. The minimum absolute atomic E-state index is 0.313. The Bertz CT molecular complexity index is 815. The highest BCUT2D eigenvalue weighted by Gasteiger charge is 2.11. The molecule has 0 fully saturated rings. The summed E-state index contributed by atoms with van der Waals surface area (Å²) in [4.78, 5) is 2.77. The molecule has 112 valence electrons. The van der Waals surface area contributed by atoms with Crippen LogP contribution >= 0.6 is 11.3 Å². The van der Waals surface area contributed by atoms with Crippen LogP contribution in [0.15, 0.2) is 59.5 Å². The van der Waals surface area contributed by atoms with E-state index in [4.69, 9.17) is 0 Å². The molecule has 0 saturated heterocycles. The maximum absolute atomic E-state index is 11.0. The van der Waals surface area contributed by atoms with Crippen molar-refractivity contribution in [3.05, 3.63) is 65.0 Å². The van der Waals surface area contributed by atoms with Crippen molar-refractivity contribution in [2.24, 2.45) is 0 Å². The monoisotopic (exact) mass is 327 g/mol. The Morgan fingerprint density at radius 1 is 0.909 bits per heavy atom. The Labute approximate surface area is 136 Å². The number of hydrogen-bond acceptors (Lipinski definition) is 3. The molecule has 1 unspecified atom stereocenters. The molecule has 22 heavy (non-hydrogen) atoms. The molecule has 2 aromatic carbocycles. The smallest absolute Gasteiger partial charge is 0.0423 e. The summed E-state index contributed by atoms with van der Waals surface area (Å²) in [6.45, 7) is 4.17. The fourth-order valence-corrected chi connectivity index (χ4v) is 3.79. The molecule has 0 N–H and O–H groups in total. The van der Waals surface area contributed by atoms with Crippen molar-refractivity contribution >= 4 is 22.4 Å².